The third kappa shape index (κ3) is 3.14. The summed E-state index contributed by atoms with van der Waals surface area (Å²) in [4.78, 5) is 19.7. The van der Waals surface area contributed by atoms with Crippen molar-refractivity contribution in [2.24, 2.45) is 5.73 Å². The standard InChI is InChI=1S/C8H12N4OS/c1-12(3-2-6(9)14)7-4-8(13)11-5-10-7/h4-5H,2-3H2,1H3,(H2,9,14)(H,10,11,13). The lowest BCUT2D eigenvalue weighted by molar-refractivity contribution is 0.888. The van der Waals surface area contributed by atoms with Gasteiger partial charge < -0.3 is 15.6 Å². The molecule has 0 spiro atoms. The Balaban J connectivity index is 2.65. The molecular weight excluding hydrogens is 200 g/mol. The SMILES string of the molecule is CN(CCC(N)=S)c1cc(=O)[nH]cn1. The van der Waals surface area contributed by atoms with Gasteiger partial charge in [-0.05, 0) is 0 Å². The number of aromatic nitrogens is 2. The largest absolute Gasteiger partial charge is 0.393 e. The van der Waals surface area contributed by atoms with Crippen LogP contribution in [0.5, 0.6) is 0 Å². The molecule has 0 unspecified atom stereocenters. The van der Waals surface area contributed by atoms with E-state index in [2.05, 4.69) is 9.97 Å². The van der Waals surface area contributed by atoms with E-state index in [1.54, 1.807) is 0 Å². The van der Waals surface area contributed by atoms with Crippen LogP contribution in [0.1, 0.15) is 6.42 Å². The molecule has 0 radical (unpaired) electrons. The number of nitrogens with zero attached hydrogens (tertiary/aromatic N) is 2. The maximum atomic E-state index is 11.0. The van der Waals surface area contributed by atoms with Gasteiger partial charge >= 0.3 is 0 Å². The van der Waals surface area contributed by atoms with Gasteiger partial charge in [0, 0.05) is 26.1 Å². The van der Waals surface area contributed by atoms with Gasteiger partial charge in [-0.15, -0.1) is 0 Å². The molecular formula is C8H12N4OS. The van der Waals surface area contributed by atoms with Crippen molar-refractivity contribution in [1.29, 1.82) is 0 Å². The van der Waals surface area contributed by atoms with Gasteiger partial charge in [-0.2, -0.15) is 0 Å². The molecule has 1 aromatic heterocycles. The molecule has 1 rings (SSSR count). The average Bonchev–Trinajstić information content (AvgIpc) is 2.14. The zero-order valence-electron chi connectivity index (χ0n) is 7.86. The molecule has 76 valence electrons. The summed E-state index contributed by atoms with van der Waals surface area (Å²) < 4.78 is 0. The number of aromatic amines is 1. The van der Waals surface area contributed by atoms with E-state index < -0.39 is 0 Å². The highest BCUT2D eigenvalue weighted by Crippen LogP contribution is 2.03. The molecule has 1 aromatic rings. The van der Waals surface area contributed by atoms with Crippen LogP contribution in [0.2, 0.25) is 0 Å². The second kappa shape index (κ2) is 4.71. The van der Waals surface area contributed by atoms with Crippen molar-refractivity contribution in [2.45, 2.75) is 6.42 Å². The summed E-state index contributed by atoms with van der Waals surface area (Å²) in [7, 11) is 1.83. The molecule has 1 heterocycles. The number of nitrogens with one attached hydrogen (secondary N) is 1. The monoisotopic (exact) mass is 212 g/mol. The Morgan fingerprint density at radius 2 is 2.50 bits per heavy atom. The van der Waals surface area contributed by atoms with E-state index >= 15 is 0 Å². The molecule has 14 heavy (non-hydrogen) atoms. The van der Waals surface area contributed by atoms with Crippen molar-refractivity contribution in [2.75, 3.05) is 18.5 Å². The van der Waals surface area contributed by atoms with Gasteiger partial charge in [-0.3, -0.25) is 4.79 Å². The second-order valence-electron chi connectivity index (χ2n) is 2.91. The van der Waals surface area contributed by atoms with Crippen molar-refractivity contribution >= 4 is 23.0 Å². The molecule has 0 saturated carbocycles. The van der Waals surface area contributed by atoms with Crippen LogP contribution in [0.4, 0.5) is 5.82 Å². The van der Waals surface area contributed by atoms with Crippen molar-refractivity contribution < 1.29 is 0 Å². The van der Waals surface area contributed by atoms with E-state index in [0.29, 0.717) is 23.8 Å². The van der Waals surface area contributed by atoms with Crippen molar-refractivity contribution in [3.63, 3.8) is 0 Å². The zero-order chi connectivity index (χ0) is 10.6. The van der Waals surface area contributed by atoms with E-state index in [-0.39, 0.29) is 5.56 Å². The molecule has 0 aliphatic rings. The zero-order valence-corrected chi connectivity index (χ0v) is 8.67. The lowest BCUT2D eigenvalue weighted by atomic mass is 10.4. The molecule has 0 aliphatic heterocycles. The summed E-state index contributed by atoms with van der Waals surface area (Å²) in [6.45, 7) is 0.659. The number of rotatable bonds is 4. The Morgan fingerprint density at radius 1 is 1.79 bits per heavy atom. The summed E-state index contributed by atoms with van der Waals surface area (Å²) in [5, 5.41) is 0. The first-order valence-electron chi connectivity index (χ1n) is 4.14. The fraction of sp³-hybridized carbons (Fsp3) is 0.375. The molecule has 0 atom stereocenters. The highest BCUT2D eigenvalue weighted by atomic mass is 32.1. The Labute approximate surface area is 87.0 Å². The minimum absolute atomic E-state index is 0.169. The van der Waals surface area contributed by atoms with Crippen molar-refractivity contribution in [1.82, 2.24) is 9.97 Å². The Bertz CT molecular complexity index is 376. The Hall–Kier alpha value is -1.43. The minimum Gasteiger partial charge on any atom is -0.393 e. The van der Waals surface area contributed by atoms with Gasteiger partial charge in [0.1, 0.15) is 5.82 Å². The molecule has 6 heteroatoms. The fourth-order valence-corrected chi connectivity index (χ4v) is 1.05. The van der Waals surface area contributed by atoms with Crippen LogP contribution in [-0.2, 0) is 0 Å². The molecule has 0 aromatic carbocycles. The number of H-pyrrole nitrogens is 1. The van der Waals surface area contributed by atoms with E-state index in [9.17, 15) is 4.79 Å². The van der Waals surface area contributed by atoms with Gasteiger partial charge in [-0.25, -0.2) is 4.98 Å². The molecule has 0 saturated heterocycles. The molecule has 3 N–H and O–H groups in total. The highest BCUT2D eigenvalue weighted by Gasteiger charge is 2.02. The summed E-state index contributed by atoms with van der Waals surface area (Å²) in [5.41, 5.74) is 5.20. The predicted molar refractivity (Wildman–Crippen MR) is 59.5 cm³/mol. The van der Waals surface area contributed by atoms with Crippen molar-refractivity contribution in [3.05, 3.63) is 22.7 Å². The maximum absolute atomic E-state index is 11.0. The van der Waals surface area contributed by atoms with Gasteiger partial charge in [0.05, 0.1) is 11.3 Å². The molecule has 0 amide bonds. The van der Waals surface area contributed by atoms with Crippen LogP contribution < -0.4 is 16.2 Å². The number of hydrogen-bond donors (Lipinski definition) is 2. The van der Waals surface area contributed by atoms with Gasteiger partial charge in [0.15, 0.2) is 0 Å². The van der Waals surface area contributed by atoms with Crippen LogP contribution in [0.15, 0.2) is 17.2 Å². The quantitative estimate of drug-likeness (QED) is 0.681. The Kier molecular flexibility index (Phi) is 3.58. The van der Waals surface area contributed by atoms with Gasteiger partial charge in [0.25, 0.3) is 5.56 Å². The third-order valence-electron chi connectivity index (χ3n) is 1.75. The van der Waals surface area contributed by atoms with Gasteiger partial charge in [0.2, 0.25) is 0 Å². The summed E-state index contributed by atoms with van der Waals surface area (Å²) in [6.07, 6.45) is 1.98. The molecule has 0 bridgehead atoms. The molecule has 0 aliphatic carbocycles. The van der Waals surface area contributed by atoms with Crippen LogP contribution in [0, 0.1) is 0 Å². The first kappa shape index (κ1) is 10.6. The van der Waals surface area contributed by atoms with Crippen LogP contribution in [-0.4, -0.2) is 28.5 Å². The van der Waals surface area contributed by atoms with Crippen LogP contribution >= 0.6 is 12.2 Å². The number of nitrogens with two attached hydrogens (primary N) is 1. The number of anilines is 1. The lowest BCUT2D eigenvalue weighted by Gasteiger charge is -2.16. The third-order valence-corrected chi connectivity index (χ3v) is 1.95. The Morgan fingerprint density at radius 3 is 3.07 bits per heavy atom. The van der Waals surface area contributed by atoms with Crippen LogP contribution in [0.25, 0.3) is 0 Å². The minimum atomic E-state index is -0.169. The smallest absolute Gasteiger partial charge is 0.252 e. The average molecular weight is 212 g/mol. The first-order valence-corrected chi connectivity index (χ1v) is 4.54. The van der Waals surface area contributed by atoms with Crippen molar-refractivity contribution in [3.8, 4) is 0 Å². The summed E-state index contributed by atoms with van der Waals surface area (Å²) in [5.74, 6) is 0.616. The number of thiocarbonyl (C=S) groups is 1. The lowest BCUT2D eigenvalue weighted by Crippen LogP contribution is -2.25. The van der Waals surface area contributed by atoms with E-state index in [4.69, 9.17) is 18.0 Å². The normalized spacial score (nSPS) is 9.79. The fourth-order valence-electron chi connectivity index (χ4n) is 0.959. The molecule has 5 nitrogen and oxygen atoms in total. The summed E-state index contributed by atoms with van der Waals surface area (Å²) >= 11 is 4.75. The number of hydrogen-bond acceptors (Lipinski definition) is 4. The second-order valence-corrected chi connectivity index (χ2v) is 3.43. The maximum Gasteiger partial charge on any atom is 0.252 e. The highest BCUT2D eigenvalue weighted by molar-refractivity contribution is 7.80. The predicted octanol–water partition coefficient (Wildman–Crippen LogP) is -0.118. The topological polar surface area (TPSA) is 75.0 Å². The van der Waals surface area contributed by atoms with E-state index in [1.165, 1.54) is 12.4 Å². The van der Waals surface area contributed by atoms with E-state index in [0.717, 1.165) is 0 Å². The first-order chi connectivity index (χ1) is 6.59. The summed E-state index contributed by atoms with van der Waals surface area (Å²) in [6, 6.07) is 1.43. The van der Waals surface area contributed by atoms with Crippen LogP contribution in [0.3, 0.4) is 0 Å². The molecule has 0 fully saturated rings. The van der Waals surface area contributed by atoms with Gasteiger partial charge in [-0.1, -0.05) is 12.2 Å². The van der Waals surface area contributed by atoms with E-state index in [1.807, 2.05) is 11.9 Å².